The Hall–Kier alpha value is -3.98. The number of fused-ring (bicyclic) bond motifs is 2. The monoisotopic (exact) mass is 436 g/mol. The first kappa shape index (κ1) is 19.0. The van der Waals surface area contributed by atoms with Crippen LogP contribution in [-0.4, -0.2) is 35.4 Å². The summed E-state index contributed by atoms with van der Waals surface area (Å²) in [5, 5.41) is 24.9. The molecule has 2 aromatic heterocycles. The number of hydrogen-bond donors (Lipinski definition) is 3. The molecule has 3 N–H and O–H groups in total. The number of phenolic OH excluding ortho intramolecular Hbond substituents is 1. The summed E-state index contributed by atoms with van der Waals surface area (Å²) in [7, 11) is 1.73. The normalized spacial score (nSPS) is 15.0. The maximum Gasteiger partial charge on any atom is 0.339 e. The van der Waals surface area contributed by atoms with Crippen LogP contribution >= 0.6 is 11.3 Å². The molecule has 1 unspecified atom stereocenters. The van der Waals surface area contributed by atoms with Crippen LogP contribution in [0.3, 0.4) is 0 Å². The van der Waals surface area contributed by atoms with E-state index < -0.39 is 18.1 Å². The molecular weight excluding hydrogens is 420 g/mol. The number of aromatic carboxylic acids is 1. The van der Waals surface area contributed by atoms with Gasteiger partial charge in [-0.1, -0.05) is 24.3 Å². The lowest BCUT2D eigenvalue weighted by atomic mass is 10.1. The van der Waals surface area contributed by atoms with Crippen LogP contribution in [0.2, 0.25) is 0 Å². The zero-order chi connectivity index (χ0) is 21.7. The molecule has 31 heavy (non-hydrogen) atoms. The van der Waals surface area contributed by atoms with E-state index in [0.29, 0.717) is 16.7 Å². The van der Waals surface area contributed by atoms with Crippen molar-refractivity contribution in [1.82, 2.24) is 0 Å². The predicted octanol–water partition coefficient (Wildman–Crippen LogP) is 4.36. The summed E-state index contributed by atoms with van der Waals surface area (Å²) in [6.45, 7) is 0. The van der Waals surface area contributed by atoms with Crippen molar-refractivity contribution in [3.63, 3.8) is 0 Å². The van der Waals surface area contributed by atoms with Gasteiger partial charge < -0.3 is 29.6 Å². The standard InChI is InChI=1S/C22H16N2O6S/c1-24-13-6-2-3-8-15(13)30-21(24)19(26)23-20-17(22(27)28)12(10-31-20)16-9-11-5-4-7-14(25)18(11)29-16/h2-10,21,25H,1H3,(H,23,26)(H,27,28). The molecule has 1 aliphatic heterocycles. The van der Waals surface area contributed by atoms with Crippen molar-refractivity contribution in [2.75, 3.05) is 17.3 Å². The topological polar surface area (TPSA) is 112 Å². The Kier molecular flexibility index (Phi) is 4.33. The fourth-order valence-corrected chi connectivity index (χ4v) is 4.55. The number of carboxylic acid groups (broad SMARTS) is 1. The lowest BCUT2D eigenvalue weighted by molar-refractivity contribution is -0.121. The van der Waals surface area contributed by atoms with Crippen LogP contribution in [0.15, 0.2) is 58.3 Å². The molecule has 0 bridgehead atoms. The number of benzene rings is 2. The second-order valence-electron chi connectivity index (χ2n) is 7.00. The summed E-state index contributed by atoms with van der Waals surface area (Å²) in [4.78, 5) is 26.6. The van der Waals surface area contributed by atoms with E-state index in [0.717, 1.165) is 17.0 Å². The van der Waals surface area contributed by atoms with Gasteiger partial charge in [0, 0.05) is 23.4 Å². The molecule has 3 heterocycles. The predicted molar refractivity (Wildman–Crippen MR) is 116 cm³/mol. The van der Waals surface area contributed by atoms with Gasteiger partial charge in [0.2, 0.25) is 0 Å². The van der Waals surface area contributed by atoms with Gasteiger partial charge in [0.1, 0.15) is 22.1 Å². The molecule has 4 aromatic rings. The van der Waals surface area contributed by atoms with Gasteiger partial charge in [-0.3, -0.25) is 4.79 Å². The van der Waals surface area contributed by atoms with Crippen LogP contribution in [0.4, 0.5) is 10.7 Å². The molecular formula is C22H16N2O6S. The Bertz CT molecular complexity index is 1340. The van der Waals surface area contributed by atoms with Crippen LogP contribution in [0.25, 0.3) is 22.3 Å². The molecule has 1 atom stereocenters. The Morgan fingerprint density at radius 2 is 1.97 bits per heavy atom. The Labute approximate surface area is 179 Å². The highest BCUT2D eigenvalue weighted by atomic mass is 32.1. The number of phenols is 1. The minimum Gasteiger partial charge on any atom is -0.504 e. The molecule has 2 aromatic carbocycles. The molecule has 1 aliphatic rings. The van der Waals surface area contributed by atoms with Gasteiger partial charge in [0.15, 0.2) is 11.3 Å². The van der Waals surface area contributed by atoms with Gasteiger partial charge in [0.05, 0.1) is 5.69 Å². The third-order valence-corrected chi connectivity index (χ3v) is 5.99. The van der Waals surface area contributed by atoms with Crippen LogP contribution < -0.4 is 15.0 Å². The van der Waals surface area contributed by atoms with E-state index >= 15 is 0 Å². The fraction of sp³-hybridized carbons (Fsp3) is 0.0909. The number of nitrogens with zero attached hydrogens (tertiary/aromatic N) is 1. The summed E-state index contributed by atoms with van der Waals surface area (Å²) in [5.41, 5.74) is 1.27. The number of hydrogen-bond acceptors (Lipinski definition) is 7. The maximum absolute atomic E-state index is 12.9. The molecule has 0 aliphatic carbocycles. The number of rotatable bonds is 4. The maximum atomic E-state index is 12.9. The average Bonchev–Trinajstić information content (AvgIpc) is 3.44. The number of carbonyl (C=O) groups excluding carboxylic acids is 1. The molecule has 5 rings (SSSR count). The molecule has 0 saturated heterocycles. The van der Waals surface area contributed by atoms with Crippen molar-refractivity contribution in [2.45, 2.75) is 6.23 Å². The highest BCUT2D eigenvalue weighted by Crippen LogP contribution is 2.40. The Morgan fingerprint density at radius 1 is 1.16 bits per heavy atom. The first-order valence-electron chi connectivity index (χ1n) is 9.30. The largest absolute Gasteiger partial charge is 0.504 e. The van der Waals surface area contributed by atoms with E-state index in [1.54, 1.807) is 41.6 Å². The molecule has 0 saturated carbocycles. The summed E-state index contributed by atoms with van der Waals surface area (Å²) < 4.78 is 11.4. The third kappa shape index (κ3) is 3.06. The highest BCUT2D eigenvalue weighted by Gasteiger charge is 2.35. The Balaban J connectivity index is 1.47. The van der Waals surface area contributed by atoms with Gasteiger partial charge in [-0.2, -0.15) is 0 Å². The quantitative estimate of drug-likeness (QED) is 0.436. The minimum absolute atomic E-state index is 0.0367. The third-order valence-electron chi connectivity index (χ3n) is 5.09. The van der Waals surface area contributed by atoms with Crippen molar-refractivity contribution in [1.29, 1.82) is 0 Å². The van der Waals surface area contributed by atoms with Crippen LogP contribution in [0.1, 0.15) is 10.4 Å². The van der Waals surface area contributed by atoms with E-state index in [9.17, 15) is 19.8 Å². The van der Waals surface area contributed by atoms with Crippen LogP contribution in [0, 0.1) is 0 Å². The summed E-state index contributed by atoms with van der Waals surface area (Å²) in [5.74, 6) is -0.868. The molecule has 0 radical (unpaired) electrons. The second-order valence-corrected chi connectivity index (χ2v) is 7.88. The molecule has 0 spiro atoms. The number of aromatic hydroxyl groups is 1. The zero-order valence-corrected chi connectivity index (χ0v) is 17.0. The van der Waals surface area contributed by atoms with Crippen molar-refractivity contribution in [3.05, 3.63) is 59.5 Å². The van der Waals surface area contributed by atoms with Crippen LogP contribution in [-0.2, 0) is 4.79 Å². The number of amides is 1. The van der Waals surface area contributed by atoms with Crippen molar-refractivity contribution < 1.29 is 29.0 Å². The Morgan fingerprint density at radius 3 is 2.71 bits per heavy atom. The number of thiophene rings is 1. The number of carboxylic acids is 1. The highest BCUT2D eigenvalue weighted by molar-refractivity contribution is 7.15. The van der Waals surface area contributed by atoms with Gasteiger partial charge in [-0.15, -0.1) is 11.3 Å². The second kappa shape index (κ2) is 7.06. The minimum atomic E-state index is -1.21. The number of nitrogens with one attached hydrogen (secondary N) is 1. The van der Waals surface area contributed by atoms with E-state index in [2.05, 4.69) is 5.32 Å². The van der Waals surface area contributed by atoms with Gasteiger partial charge in [-0.05, 0) is 24.3 Å². The van der Waals surface area contributed by atoms with Gasteiger partial charge in [0.25, 0.3) is 12.1 Å². The molecule has 8 nitrogen and oxygen atoms in total. The molecule has 156 valence electrons. The first-order chi connectivity index (χ1) is 14.9. The van der Waals surface area contributed by atoms with Crippen LogP contribution in [0.5, 0.6) is 11.5 Å². The van der Waals surface area contributed by atoms with Crippen molar-refractivity contribution in [2.24, 2.45) is 0 Å². The molecule has 9 heteroatoms. The number of carbonyl (C=O) groups is 2. The average molecular weight is 436 g/mol. The van der Waals surface area contributed by atoms with E-state index in [4.69, 9.17) is 9.15 Å². The fourth-order valence-electron chi connectivity index (χ4n) is 3.60. The lowest BCUT2D eigenvalue weighted by Crippen LogP contribution is -2.42. The van der Waals surface area contributed by atoms with Crippen molar-refractivity contribution in [3.8, 4) is 22.8 Å². The number of para-hydroxylation sites is 3. The number of ether oxygens (including phenoxy) is 1. The number of anilines is 2. The lowest BCUT2D eigenvalue weighted by Gasteiger charge is -2.19. The number of furan rings is 1. The van der Waals surface area contributed by atoms with E-state index in [-0.39, 0.29) is 27.7 Å². The van der Waals surface area contributed by atoms with Gasteiger partial charge in [-0.25, -0.2) is 4.79 Å². The smallest absolute Gasteiger partial charge is 0.339 e. The van der Waals surface area contributed by atoms with Crippen molar-refractivity contribution >= 4 is 44.9 Å². The summed E-state index contributed by atoms with van der Waals surface area (Å²) in [6.07, 6.45) is -0.923. The van der Waals surface area contributed by atoms with E-state index in [1.165, 1.54) is 6.07 Å². The zero-order valence-electron chi connectivity index (χ0n) is 16.2. The van der Waals surface area contributed by atoms with Gasteiger partial charge >= 0.3 is 5.97 Å². The summed E-state index contributed by atoms with van der Waals surface area (Å²) >= 11 is 1.08. The molecule has 1 amide bonds. The summed E-state index contributed by atoms with van der Waals surface area (Å²) in [6, 6.07) is 13.8. The number of likely N-dealkylation sites (N-methyl/N-ethyl adjacent to an activating group) is 1. The molecule has 0 fully saturated rings. The SMILES string of the molecule is CN1c2ccccc2OC1C(=O)Nc1scc(-c2cc3cccc(O)c3o2)c1C(=O)O. The first-order valence-corrected chi connectivity index (χ1v) is 10.2. The van der Waals surface area contributed by atoms with E-state index in [1.807, 2.05) is 18.2 Å².